The van der Waals surface area contributed by atoms with Gasteiger partial charge in [-0.1, -0.05) is 78.9 Å². The van der Waals surface area contributed by atoms with Crippen LogP contribution >= 0.6 is 11.6 Å². The summed E-state index contributed by atoms with van der Waals surface area (Å²) in [7, 11) is -4.10. The molecule has 9 heteroatoms. The van der Waals surface area contributed by atoms with E-state index in [1.165, 1.54) is 17.0 Å². The highest BCUT2D eigenvalue weighted by molar-refractivity contribution is 7.92. The van der Waals surface area contributed by atoms with Gasteiger partial charge in [-0.25, -0.2) is 8.42 Å². The second-order valence-electron chi connectivity index (χ2n) is 10.8. The number of carbonyl (C=O) groups is 2. The highest BCUT2D eigenvalue weighted by atomic mass is 35.5. The molecule has 0 aliphatic heterocycles. The van der Waals surface area contributed by atoms with Crippen LogP contribution in [-0.2, 0) is 26.2 Å². The van der Waals surface area contributed by atoms with Crippen molar-refractivity contribution < 1.29 is 18.0 Å². The van der Waals surface area contributed by atoms with Gasteiger partial charge in [-0.15, -0.1) is 0 Å². The predicted octanol–water partition coefficient (Wildman–Crippen LogP) is 6.02. The first-order valence-electron chi connectivity index (χ1n) is 14.1. The molecule has 0 bridgehead atoms. The molecule has 1 atom stereocenters. The molecule has 41 heavy (non-hydrogen) atoms. The van der Waals surface area contributed by atoms with Gasteiger partial charge >= 0.3 is 0 Å². The molecule has 0 unspecified atom stereocenters. The molecule has 0 aromatic heterocycles. The number of nitrogens with zero attached hydrogens (tertiary/aromatic N) is 2. The summed E-state index contributed by atoms with van der Waals surface area (Å²) in [6, 6.07) is 19.8. The smallest absolute Gasteiger partial charge is 0.264 e. The van der Waals surface area contributed by atoms with Crippen LogP contribution in [0.25, 0.3) is 0 Å². The Balaban J connectivity index is 1.69. The van der Waals surface area contributed by atoms with Crippen LogP contribution in [-0.4, -0.2) is 43.8 Å². The van der Waals surface area contributed by atoms with Gasteiger partial charge < -0.3 is 10.2 Å². The number of sulfonamides is 1. The molecule has 2 amide bonds. The van der Waals surface area contributed by atoms with E-state index in [1.54, 1.807) is 55.5 Å². The Morgan fingerprint density at radius 1 is 0.951 bits per heavy atom. The third-order valence-electron chi connectivity index (χ3n) is 7.62. The molecule has 1 N–H and O–H groups in total. The largest absolute Gasteiger partial charge is 0.352 e. The standard InChI is InChI=1S/C32H38ClN3O4S/c1-23-14-19-30(24(2)20-23)36(41(39,40)29-12-8-5-9-13-29)22-31(37)35(21-26-15-17-27(33)18-16-26)25(3)32(38)34-28-10-6-4-7-11-28/h5,8-9,12-20,25,28H,4,6-7,10-11,21-22H2,1-3H3,(H,34,38)/t25-/m0/s1. The third-order valence-corrected chi connectivity index (χ3v) is 9.64. The maximum Gasteiger partial charge on any atom is 0.264 e. The number of anilines is 1. The van der Waals surface area contributed by atoms with Gasteiger partial charge in [0, 0.05) is 17.6 Å². The molecule has 0 radical (unpaired) electrons. The predicted molar refractivity (Wildman–Crippen MR) is 163 cm³/mol. The highest BCUT2D eigenvalue weighted by Gasteiger charge is 2.33. The van der Waals surface area contributed by atoms with Gasteiger partial charge in [-0.2, -0.15) is 0 Å². The Labute approximate surface area is 248 Å². The first-order valence-corrected chi connectivity index (χ1v) is 15.9. The fourth-order valence-electron chi connectivity index (χ4n) is 5.26. The van der Waals surface area contributed by atoms with E-state index >= 15 is 0 Å². The van der Waals surface area contributed by atoms with Crippen molar-refractivity contribution in [1.29, 1.82) is 0 Å². The van der Waals surface area contributed by atoms with Gasteiger partial charge in [0.05, 0.1) is 10.6 Å². The molecular weight excluding hydrogens is 558 g/mol. The van der Waals surface area contributed by atoms with Gasteiger partial charge in [0.1, 0.15) is 12.6 Å². The van der Waals surface area contributed by atoms with E-state index in [-0.39, 0.29) is 23.4 Å². The van der Waals surface area contributed by atoms with Crippen LogP contribution in [0.4, 0.5) is 5.69 Å². The van der Waals surface area contributed by atoms with Crippen molar-refractivity contribution in [3.8, 4) is 0 Å². The number of amides is 2. The first kappa shape index (κ1) is 30.6. The third kappa shape index (κ3) is 7.68. The molecule has 1 aliphatic carbocycles. The van der Waals surface area contributed by atoms with Crippen molar-refractivity contribution >= 4 is 39.1 Å². The second kappa shape index (κ2) is 13.5. The van der Waals surface area contributed by atoms with Crippen LogP contribution in [0.2, 0.25) is 5.02 Å². The molecule has 4 rings (SSSR count). The number of benzene rings is 3. The maximum atomic E-state index is 14.1. The van der Waals surface area contributed by atoms with Gasteiger partial charge in [0.2, 0.25) is 11.8 Å². The minimum atomic E-state index is -4.10. The Hall–Kier alpha value is -3.36. The number of carbonyl (C=O) groups excluding carboxylic acids is 2. The molecule has 1 aliphatic rings. The van der Waals surface area contributed by atoms with E-state index in [0.29, 0.717) is 10.7 Å². The highest BCUT2D eigenvalue weighted by Crippen LogP contribution is 2.28. The maximum absolute atomic E-state index is 14.1. The summed E-state index contributed by atoms with van der Waals surface area (Å²) in [5.41, 5.74) is 2.90. The number of halogens is 1. The van der Waals surface area contributed by atoms with Crippen molar-refractivity contribution in [1.82, 2.24) is 10.2 Å². The van der Waals surface area contributed by atoms with Crippen LogP contribution in [0.15, 0.2) is 77.7 Å². The topological polar surface area (TPSA) is 86.8 Å². The summed E-state index contributed by atoms with van der Waals surface area (Å²) >= 11 is 6.09. The average molecular weight is 596 g/mol. The Morgan fingerprint density at radius 2 is 1.61 bits per heavy atom. The van der Waals surface area contributed by atoms with Gasteiger partial charge in [-0.05, 0) is 75.1 Å². The summed E-state index contributed by atoms with van der Waals surface area (Å²) in [5, 5.41) is 3.68. The number of rotatable bonds is 10. The Morgan fingerprint density at radius 3 is 2.24 bits per heavy atom. The van der Waals surface area contributed by atoms with Crippen LogP contribution < -0.4 is 9.62 Å². The van der Waals surface area contributed by atoms with E-state index in [4.69, 9.17) is 11.6 Å². The Kier molecular flexibility index (Phi) is 10.1. The summed E-state index contributed by atoms with van der Waals surface area (Å²) < 4.78 is 29.1. The van der Waals surface area contributed by atoms with Crippen LogP contribution in [0, 0.1) is 13.8 Å². The van der Waals surface area contributed by atoms with E-state index < -0.39 is 28.5 Å². The van der Waals surface area contributed by atoms with Crippen LogP contribution in [0.1, 0.15) is 55.7 Å². The minimum Gasteiger partial charge on any atom is -0.352 e. The molecule has 3 aromatic carbocycles. The first-order chi connectivity index (χ1) is 19.6. The van der Waals surface area contributed by atoms with Crippen molar-refractivity contribution in [2.45, 2.75) is 76.4 Å². The van der Waals surface area contributed by atoms with Crippen LogP contribution in [0.5, 0.6) is 0 Å². The Bertz CT molecular complexity index is 1460. The number of aryl methyl sites for hydroxylation is 2. The van der Waals surface area contributed by atoms with Crippen LogP contribution in [0.3, 0.4) is 0 Å². The van der Waals surface area contributed by atoms with E-state index in [1.807, 2.05) is 26.0 Å². The fourth-order valence-corrected chi connectivity index (χ4v) is 6.88. The molecule has 0 saturated heterocycles. The lowest BCUT2D eigenvalue weighted by Crippen LogP contribution is -2.53. The van der Waals surface area contributed by atoms with Crippen molar-refractivity contribution in [2.24, 2.45) is 0 Å². The molecule has 3 aromatic rings. The monoisotopic (exact) mass is 595 g/mol. The summed E-state index contributed by atoms with van der Waals surface area (Å²) in [6.45, 7) is 5.11. The van der Waals surface area contributed by atoms with E-state index in [9.17, 15) is 18.0 Å². The quantitative estimate of drug-likeness (QED) is 0.311. The lowest BCUT2D eigenvalue weighted by Gasteiger charge is -2.33. The summed E-state index contributed by atoms with van der Waals surface area (Å²) in [6.07, 6.45) is 5.12. The second-order valence-corrected chi connectivity index (χ2v) is 13.1. The van der Waals surface area contributed by atoms with E-state index in [2.05, 4.69) is 5.32 Å². The molecular formula is C32H38ClN3O4S. The summed E-state index contributed by atoms with van der Waals surface area (Å²) in [4.78, 5) is 29.1. The summed E-state index contributed by atoms with van der Waals surface area (Å²) in [5.74, 6) is -0.728. The molecule has 1 saturated carbocycles. The van der Waals surface area contributed by atoms with Crippen molar-refractivity contribution in [3.63, 3.8) is 0 Å². The molecule has 1 fully saturated rings. The fraction of sp³-hybridized carbons (Fsp3) is 0.375. The number of hydrogen-bond donors (Lipinski definition) is 1. The minimum absolute atomic E-state index is 0.0800. The van der Waals surface area contributed by atoms with Gasteiger partial charge in [0.15, 0.2) is 0 Å². The molecule has 0 heterocycles. The zero-order chi connectivity index (χ0) is 29.6. The van der Waals surface area contributed by atoms with Gasteiger partial charge in [0.25, 0.3) is 10.0 Å². The molecule has 0 spiro atoms. The number of nitrogens with one attached hydrogen (secondary N) is 1. The van der Waals surface area contributed by atoms with Crippen molar-refractivity contribution in [2.75, 3.05) is 10.8 Å². The van der Waals surface area contributed by atoms with E-state index in [0.717, 1.165) is 53.1 Å². The SMILES string of the molecule is Cc1ccc(N(CC(=O)N(Cc2ccc(Cl)cc2)[C@@H](C)C(=O)NC2CCCCC2)S(=O)(=O)c2ccccc2)c(C)c1. The number of hydrogen-bond acceptors (Lipinski definition) is 4. The zero-order valence-corrected chi connectivity index (χ0v) is 25.4. The molecule has 218 valence electrons. The lowest BCUT2D eigenvalue weighted by atomic mass is 9.95. The normalized spacial score (nSPS) is 14.7. The molecule has 7 nitrogen and oxygen atoms in total. The zero-order valence-electron chi connectivity index (χ0n) is 23.8. The van der Waals surface area contributed by atoms with Gasteiger partial charge in [-0.3, -0.25) is 13.9 Å². The van der Waals surface area contributed by atoms with Crippen molar-refractivity contribution in [3.05, 3.63) is 94.5 Å². The lowest BCUT2D eigenvalue weighted by molar-refractivity contribution is -0.139. The average Bonchev–Trinajstić information content (AvgIpc) is 2.96.